The highest BCUT2D eigenvalue weighted by molar-refractivity contribution is 9.10. The number of anilines is 1. The first-order valence-electron chi connectivity index (χ1n) is 8.57. The van der Waals surface area contributed by atoms with Crippen molar-refractivity contribution in [3.8, 4) is 0 Å². The second-order valence-corrected chi connectivity index (χ2v) is 7.61. The molecule has 1 atom stereocenters. The summed E-state index contributed by atoms with van der Waals surface area (Å²) in [6.45, 7) is 2.67. The van der Waals surface area contributed by atoms with Crippen molar-refractivity contribution in [3.05, 3.63) is 68.2 Å². The molecule has 10 heteroatoms. The molecule has 0 bridgehead atoms. The van der Waals surface area contributed by atoms with Gasteiger partial charge in [0.05, 0.1) is 4.92 Å². The van der Waals surface area contributed by atoms with Gasteiger partial charge in [-0.1, -0.05) is 40.2 Å². The third-order valence-electron chi connectivity index (χ3n) is 4.61. The van der Waals surface area contributed by atoms with Crippen molar-refractivity contribution >= 4 is 45.2 Å². The first-order chi connectivity index (χ1) is 13.6. The number of amides is 4. The quantitative estimate of drug-likeness (QED) is 0.403. The van der Waals surface area contributed by atoms with Gasteiger partial charge in [-0.25, -0.2) is 4.79 Å². The molecule has 150 valence electrons. The third-order valence-corrected chi connectivity index (χ3v) is 5.30. The van der Waals surface area contributed by atoms with E-state index in [0.717, 1.165) is 4.90 Å². The van der Waals surface area contributed by atoms with Crippen LogP contribution >= 0.6 is 15.9 Å². The zero-order valence-corrected chi connectivity index (χ0v) is 17.1. The van der Waals surface area contributed by atoms with Gasteiger partial charge in [-0.05, 0) is 31.5 Å². The van der Waals surface area contributed by atoms with E-state index in [0.29, 0.717) is 15.6 Å². The molecule has 2 aromatic carbocycles. The lowest BCUT2D eigenvalue weighted by Crippen LogP contribution is -2.42. The summed E-state index contributed by atoms with van der Waals surface area (Å²) in [6, 6.07) is 10.6. The Morgan fingerprint density at radius 3 is 2.62 bits per heavy atom. The molecule has 0 aliphatic carbocycles. The number of rotatable bonds is 5. The lowest BCUT2D eigenvalue weighted by molar-refractivity contribution is -0.384. The lowest BCUT2D eigenvalue weighted by atomic mass is 9.92. The molecule has 0 saturated carbocycles. The molecule has 1 fully saturated rings. The summed E-state index contributed by atoms with van der Waals surface area (Å²) in [6.07, 6.45) is 0. The number of hydrogen-bond donors (Lipinski definition) is 2. The molecule has 1 aliphatic heterocycles. The number of halogens is 1. The average molecular weight is 461 g/mol. The lowest BCUT2D eigenvalue weighted by Gasteiger charge is -2.23. The van der Waals surface area contributed by atoms with Crippen LogP contribution in [0.1, 0.15) is 18.1 Å². The Morgan fingerprint density at radius 1 is 1.28 bits per heavy atom. The van der Waals surface area contributed by atoms with Crippen molar-refractivity contribution < 1.29 is 19.3 Å². The fourth-order valence-electron chi connectivity index (χ4n) is 3.12. The van der Waals surface area contributed by atoms with E-state index in [1.165, 1.54) is 12.1 Å². The summed E-state index contributed by atoms with van der Waals surface area (Å²) in [5.74, 6) is -1.32. The number of nitrogens with one attached hydrogen (secondary N) is 2. The van der Waals surface area contributed by atoms with E-state index in [4.69, 9.17) is 0 Å². The molecule has 2 N–H and O–H groups in total. The smallest absolute Gasteiger partial charge is 0.319 e. The molecule has 9 nitrogen and oxygen atoms in total. The average Bonchev–Trinajstić information content (AvgIpc) is 2.87. The Morgan fingerprint density at radius 2 is 1.97 bits per heavy atom. The SMILES string of the molecule is Cc1ccc(NC(=O)CN2C(=O)NC(C)(c3ccccc3Br)C2=O)c([N+](=O)[O-])c1. The number of nitro benzene ring substituents is 1. The summed E-state index contributed by atoms with van der Waals surface area (Å²) >= 11 is 3.37. The van der Waals surface area contributed by atoms with Gasteiger partial charge >= 0.3 is 6.03 Å². The monoisotopic (exact) mass is 460 g/mol. The number of benzene rings is 2. The minimum atomic E-state index is -1.34. The molecule has 0 aromatic heterocycles. The van der Waals surface area contributed by atoms with E-state index >= 15 is 0 Å². The summed E-state index contributed by atoms with van der Waals surface area (Å²) in [5.41, 5.74) is -0.406. The fourth-order valence-corrected chi connectivity index (χ4v) is 3.80. The van der Waals surface area contributed by atoms with E-state index in [9.17, 15) is 24.5 Å². The molecule has 0 spiro atoms. The normalized spacial score (nSPS) is 18.5. The second-order valence-electron chi connectivity index (χ2n) is 6.75. The Labute approximate surface area is 174 Å². The van der Waals surface area contributed by atoms with Gasteiger partial charge in [-0.2, -0.15) is 0 Å². The maximum Gasteiger partial charge on any atom is 0.325 e. The van der Waals surface area contributed by atoms with E-state index in [1.54, 1.807) is 44.2 Å². The molecule has 1 saturated heterocycles. The standard InChI is InChI=1S/C19H17BrN4O5/c1-11-7-8-14(15(9-11)24(28)29)21-16(25)10-23-17(26)19(2,22-18(23)27)12-5-3-4-6-13(12)20/h3-9H,10H2,1-2H3,(H,21,25)(H,22,27). The molecule has 4 amide bonds. The Hall–Kier alpha value is -3.27. The predicted molar refractivity (Wildman–Crippen MR) is 108 cm³/mol. The molecule has 0 radical (unpaired) electrons. The summed E-state index contributed by atoms with van der Waals surface area (Å²) in [5, 5.41) is 16.2. The number of urea groups is 1. The van der Waals surface area contributed by atoms with E-state index in [-0.39, 0.29) is 11.4 Å². The first kappa shape index (κ1) is 20.5. The maximum atomic E-state index is 12.9. The van der Waals surface area contributed by atoms with Crippen LogP contribution in [0.25, 0.3) is 0 Å². The van der Waals surface area contributed by atoms with Gasteiger partial charge in [0.2, 0.25) is 5.91 Å². The van der Waals surface area contributed by atoms with E-state index in [1.807, 2.05) is 0 Å². The van der Waals surface area contributed by atoms with Gasteiger partial charge in [0, 0.05) is 16.1 Å². The number of carbonyl (C=O) groups excluding carboxylic acids is 3. The molecule has 3 rings (SSSR count). The molecule has 1 heterocycles. The molecular formula is C19H17BrN4O5. The Bertz CT molecular complexity index is 1040. The van der Waals surface area contributed by atoms with Crippen LogP contribution in [0.3, 0.4) is 0 Å². The van der Waals surface area contributed by atoms with Gasteiger partial charge in [0.1, 0.15) is 17.8 Å². The maximum absolute atomic E-state index is 12.9. The third kappa shape index (κ3) is 3.83. The van der Waals surface area contributed by atoms with Gasteiger partial charge in [-0.3, -0.25) is 24.6 Å². The van der Waals surface area contributed by atoms with Crippen LogP contribution in [0.15, 0.2) is 46.9 Å². The highest BCUT2D eigenvalue weighted by Gasteiger charge is 2.50. The largest absolute Gasteiger partial charge is 0.325 e. The van der Waals surface area contributed by atoms with Crippen molar-refractivity contribution in [2.45, 2.75) is 19.4 Å². The minimum absolute atomic E-state index is 0.00813. The van der Waals surface area contributed by atoms with Crippen LogP contribution in [0.4, 0.5) is 16.2 Å². The van der Waals surface area contributed by atoms with Crippen molar-refractivity contribution in [2.75, 3.05) is 11.9 Å². The summed E-state index contributed by atoms with van der Waals surface area (Å²) in [4.78, 5) is 49.1. The van der Waals surface area contributed by atoms with Gasteiger partial charge < -0.3 is 10.6 Å². The molecule has 1 unspecified atom stereocenters. The predicted octanol–water partition coefficient (Wildman–Crippen LogP) is 3.07. The van der Waals surface area contributed by atoms with Crippen LogP contribution in [-0.2, 0) is 15.1 Å². The van der Waals surface area contributed by atoms with Crippen LogP contribution in [0, 0.1) is 17.0 Å². The molecular weight excluding hydrogens is 444 g/mol. The minimum Gasteiger partial charge on any atom is -0.319 e. The molecule has 2 aromatic rings. The Kier molecular flexibility index (Phi) is 5.38. The van der Waals surface area contributed by atoms with Crippen LogP contribution < -0.4 is 10.6 Å². The topological polar surface area (TPSA) is 122 Å². The first-order valence-corrected chi connectivity index (χ1v) is 9.37. The van der Waals surface area contributed by atoms with Crippen LogP contribution in [-0.4, -0.2) is 34.2 Å². The highest BCUT2D eigenvalue weighted by Crippen LogP contribution is 2.33. The zero-order chi connectivity index (χ0) is 21.3. The fraction of sp³-hybridized carbons (Fsp3) is 0.211. The summed E-state index contributed by atoms with van der Waals surface area (Å²) in [7, 11) is 0. The van der Waals surface area contributed by atoms with Crippen LogP contribution in [0.2, 0.25) is 0 Å². The summed E-state index contributed by atoms with van der Waals surface area (Å²) < 4.78 is 0.637. The molecule has 29 heavy (non-hydrogen) atoms. The van der Waals surface area contributed by atoms with E-state index < -0.39 is 34.9 Å². The number of aryl methyl sites for hydroxylation is 1. The number of hydrogen-bond acceptors (Lipinski definition) is 5. The van der Waals surface area contributed by atoms with Crippen molar-refractivity contribution in [3.63, 3.8) is 0 Å². The number of nitrogens with zero attached hydrogens (tertiary/aromatic N) is 2. The van der Waals surface area contributed by atoms with Gasteiger partial charge in [0.15, 0.2) is 0 Å². The second kappa shape index (κ2) is 7.63. The van der Waals surface area contributed by atoms with Crippen molar-refractivity contribution in [1.82, 2.24) is 10.2 Å². The van der Waals surface area contributed by atoms with Crippen molar-refractivity contribution in [2.24, 2.45) is 0 Å². The van der Waals surface area contributed by atoms with Crippen LogP contribution in [0.5, 0.6) is 0 Å². The number of imide groups is 1. The number of carbonyl (C=O) groups is 3. The van der Waals surface area contributed by atoms with E-state index in [2.05, 4.69) is 26.6 Å². The van der Waals surface area contributed by atoms with Crippen molar-refractivity contribution in [1.29, 1.82) is 0 Å². The Balaban J connectivity index is 1.80. The highest BCUT2D eigenvalue weighted by atomic mass is 79.9. The number of nitro groups is 1. The van der Waals surface area contributed by atoms with Gasteiger partial charge in [0.25, 0.3) is 11.6 Å². The molecule has 1 aliphatic rings. The zero-order valence-electron chi connectivity index (χ0n) is 15.6. The van der Waals surface area contributed by atoms with Gasteiger partial charge in [-0.15, -0.1) is 0 Å².